The summed E-state index contributed by atoms with van der Waals surface area (Å²) in [4.78, 5) is 22.4. The van der Waals surface area contributed by atoms with Gasteiger partial charge in [-0.3, -0.25) is 13.9 Å². The first-order valence-corrected chi connectivity index (χ1v) is 3.93. The van der Waals surface area contributed by atoms with Crippen molar-refractivity contribution in [1.29, 1.82) is 0 Å². The van der Waals surface area contributed by atoms with Crippen molar-refractivity contribution >= 4 is 0 Å². The molecule has 1 rings (SSSR count). The molecule has 0 fully saturated rings. The van der Waals surface area contributed by atoms with E-state index in [2.05, 4.69) is 6.58 Å². The first kappa shape index (κ1) is 9.51. The van der Waals surface area contributed by atoms with Crippen molar-refractivity contribution in [3.8, 4) is 0 Å². The van der Waals surface area contributed by atoms with Gasteiger partial charge < -0.3 is 0 Å². The Kier molecular flexibility index (Phi) is 2.51. The number of hydrogen-bond acceptors (Lipinski definition) is 2. The monoisotopic (exact) mass is 180 g/mol. The van der Waals surface area contributed by atoms with Crippen LogP contribution < -0.4 is 11.2 Å². The molecule has 0 aliphatic heterocycles. The fourth-order valence-corrected chi connectivity index (χ4v) is 1.03. The molecule has 13 heavy (non-hydrogen) atoms. The first-order chi connectivity index (χ1) is 6.02. The third-order valence-corrected chi connectivity index (χ3v) is 1.70. The highest BCUT2D eigenvalue weighted by atomic mass is 16.2. The van der Waals surface area contributed by atoms with Crippen molar-refractivity contribution in [3.63, 3.8) is 0 Å². The molecule has 4 nitrogen and oxygen atoms in total. The van der Waals surface area contributed by atoms with Gasteiger partial charge in [0.2, 0.25) is 0 Å². The van der Waals surface area contributed by atoms with Crippen LogP contribution in [0, 0.1) is 0 Å². The van der Waals surface area contributed by atoms with Crippen molar-refractivity contribution < 1.29 is 0 Å². The Bertz CT molecular complexity index is 440. The van der Waals surface area contributed by atoms with E-state index in [-0.39, 0.29) is 11.2 Å². The van der Waals surface area contributed by atoms with E-state index >= 15 is 0 Å². The normalized spacial score (nSPS) is 10.0. The molecule has 0 amide bonds. The molecule has 0 unspecified atom stereocenters. The maximum absolute atomic E-state index is 11.4. The van der Waals surface area contributed by atoms with E-state index in [0.717, 1.165) is 10.1 Å². The number of hydrogen-bond donors (Lipinski definition) is 0. The van der Waals surface area contributed by atoms with Crippen molar-refractivity contribution in [2.75, 3.05) is 0 Å². The Morgan fingerprint density at radius 3 is 2.69 bits per heavy atom. The number of rotatable bonds is 2. The highest BCUT2D eigenvalue weighted by Gasteiger charge is 1.99. The lowest BCUT2D eigenvalue weighted by molar-refractivity contribution is 0.641. The quantitative estimate of drug-likeness (QED) is 0.607. The Labute approximate surface area is 75.7 Å². The van der Waals surface area contributed by atoms with Crippen LogP contribution >= 0.6 is 0 Å². The van der Waals surface area contributed by atoms with Gasteiger partial charge in [0.05, 0.1) is 0 Å². The second kappa shape index (κ2) is 3.43. The molecular formula is C9H12N2O2. The summed E-state index contributed by atoms with van der Waals surface area (Å²) < 4.78 is 2.52. The van der Waals surface area contributed by atoms with Crippen molar-refractivity contribution in [3.05, 3.63) is 45.3 Å². The topological polar surface area (TPSA) is 44.0 Å². The summed E-state index contributed by atoms with van der Waals surface area (Å²) >= 11 is 0. The summed E-state index contributed by atoms with van der Waals surface area (Å²) in [5, 5.41) is 0. The van der Waals surface area contributed by atoms with Crippen LogP contribution in [0.2, 0.25) is 0 Å². The minimum Gasteiger partial charge on any atom is -0.296 e. The smallest absolute Gasteiger partial charge is 0.296 e. The molecular weight excluding hydrogens is 168 g/mol. The highest BCUT2D eigenvalue weighted by Crippen LogP contribution is 1.89. The molecule has 0 saturated heterocycles. The molecule has 1 heterocycles. The van der Waals surface area contributed by atoms with Gasteiger partial charge >= 0.3 is 5.69 Å². The lowest BCUT2D eigenvalue weighted by Gasteiger charge is -2.05. The third-order valence-electron chi connectivity index (χ3n) is 1.70. The number of aromatic nitrogens is 2. The Balaban J connectivity index is 3.27. The SMILES string of the molecule is C=C(C)Cn1ccc(=O)n(C)c1=O. The van der Waals surface area contributed by atoms with Gasteiger partial charge in [0, 0.05) is 25.9 Å². The van der Waals surface area contributed by atoms with E-state index in [1.54, 1.807) is 0 Å². The van der Waals surface area contributed by atoms with Crippen LogP contribution in [0.1, 0.15) is 6.92 Å². The first-order valence-electron chi connectivity index (χ1n) is 3.93. The second-order valence-corrected chi connectivity index (χ2v) is 3.08. The van der Waals surface area contributed by atoms with Crippen LogP contribution in [0.4, 0.5) is 0 Å². The molecule has 1 aromatic heterocycles. The van der Waals surface area contributed by atoms with Crippen LogP contribution in [-0.2, 0) is 13.6 Å². The fraction of sp³-hybridized carbons (Fsp3) is 0.333. The molecule has 0 bridgehead atoms. The maximum atomic E-state index is 11.4. The Hall–Kier alpha value is -1.58. The van der Waals surface area contributed by atoms with Gasteiger partial charge in [0.25, 0.3) is 5.56 Å². The van der Waals surface area contributed by atoms with E-state index in [0.29, 0.717) is 6.54 Å². The molecule has 1 aromatic rings. The number of nitrogens with zero attached hydrogens (tertiary/aromatic N) is 2. The van der Waals surface area contributed by atoms with Crippen LogP contribution in [0.25, 0.3) is 0 Å². The van der Waals surface area contributed by atoms with E-state index in [9.17, 15) is 9.59 Å². The van der Waals surface area contributed by atoms with Gasteiger partial charge in [-0.2, -0.15) is 0 Å². The summed E-state index contributed by atoms with van der Waals surface area (Å²) in [7, 11) is 1.46. The lowest BCUT2D eigenvalue weighted by atomic mass is 10.3. The lowest BCUT2D eigenvalue weighted by Crippen LogP contribution is -2.36. The van der Waals surface area contributed by atoms with Gasteiger partial charge in [-0.15, -0.1) is 0 Å². The van der Waals surface area contributed by atoms with E-state index in [4.69, 9.17) is 0 Å². The van der Waals surface area contributed by atoms with Gasteiger partial charge in [0.15, 0.2) is 0 Å². The molecule has 0 aliphatic carbocycles. The molecule has 0 aromatic carbocycles. The zero-order valence-corrected chi connectivity index (χ0v) is 7.78. The standard InChI is InChI=1S/C9H12N2O2/c1-7(2)6-11-5-4-8(12)10(3)9(11)13/h4-5H,1,6H2,2-3H3. The fourth-order valence-electron chi connectivity index (χ4n) is 1.03. The van der Waals surface area contributed by atoms with Crippen molar-refractivity contribution in [2.24, 2.45) is 7.05 Å². The highest BCUT2D eigenvalue weighted by molar-refractivity contribution is 4.93. The summed E-state index contributed by atoms with van der Waals surface area (Å²) in [6.45, 7) is 5.98. The average molecular weight is 180 g/mol. The molecule has 0 radical (unpaired) electrons. The predicted molar refractivity (Wildman–Crippen MR) is 50.8 cm³/mol. The van der Waals surface area contributed by atoms with Crippen LogP contribution in [-0.4, -0.2) is 9.13 Å². The Morgan fingerprint density at radius 2 is 2.15 bits per heavy atom. The minimum atomic E-state index is -0.310. The van der Waals surface area contributed by atoms with Crippen LogP contribution in [0.15, 0.2) is 34.0 Å². The maximum Gasteiger partial charge on any atom is 0.330 e. The molecule has 0 aliphatic rings. The van der Waals surface area contributed by atoms with Gasteiger partial charge in [0.1, 0.15) is 0 Å². The van der Waals surface area contributed by atoms with Gasteiger partial charge in [-0.25, -0.2) is 4.79 Å². The zero-order valence-electron chi connectivity index (χ0n) is 7.78. The van der Waals surface area contributed by atoms with Crippen molar-refractivity contribution in [1.82, 2.24) is 9.13 Å². The molecule has 0 spiro atoms. The molecule has 0 atom stereocenters. The van der Waals surface area contributed by atoms with Crippen LogP contribution in [0.3, 0.4) is 0 Å². The van der Waals surface area contributed by atoms with Gasteiger partial charge in [-0.1, -0.05) is 12.2 Å². The largest absolute Gasteiger partial charge is 0.330 e. The minimum absolute atomic E-state index is 0.289. The van der Waals surface area contributed by atoms with Gasteiger partial charge in [-0.05, 0) is 6.92 Å². The number of allylic oxidation sites excluding steroid dienone is 1. The summed E-state index contributed by atoms with van der Waals surface area (Å²) in [5.74, 6) is 0. The Morgan fingerprint density at radius 1 is 1.54 bits per heavy atom. The summed E-state index contributed by atoms with van der Waals surface area (Å²) in [6.07, 6.45) is 1.49. The third kappa shape index (κ3) is 1.96. The molecule has 0 N–H and O–H groups in total. The molecule has 0 saturated carbocycles. The average Bonchev–Trinajstić information content (AvgIpc) is 2.06. The molecule has 4 heteroatoms. The predicted octanol–water partition coefficient (Wildman–Crippen LogP) is 0.123. The second-order valence-electron chi connectivity index (χ2n) is 3.08. The summed E-state index contributed by atoms with van der Waals surface area (Å²) in [6, 6.07) is 1.37. The van der Waals surface area contributed by atoms with Crippen molar-refractivity contribution in [2.45, 2.75) is 13.5 Å². The van der Waals surface area contributed by atoms with E-state index in [1.807, 2.05) is 6.92 Å². The van der Waals surface area contributed by atoms with E-state index in [1.165, 1.54) is 23.9 Å². The zero-order chi connectivity index (χ0) is 10.0. The van der Waals surface area contributed by atoms with E-state index < -0.39 is 0 Å². The summed E-state index contributed by atoms with van der Waals surface area (Å²) in [5.41, 5.74) is 0.277. The van der Waals surface area contributed by atoms with Crippen LogP contribution in [0.5, 0.6) is 0 Å². The molecule has 70 valence electrons.